The van der Waals surface area contributed by atoms with Crippen molar-refractivity contribution in [3.8, 4) is 11.8 Å². The van der Waals surface area contributed by atoms with E-state index >= 15 is 0 Å². The van der Waals surface area contributed by atoms with Crippen molar-refractivity contribution in [3.05, 3.63) is 34.9 Å². The zero-order chi connectivity index (χ0) is 11.8. The summed E-state index contributed by atoms with van der Waals surface area (Å²) in [6.07, 6.45) is 1.86. The van der Waals surface area contributed by atoms with E-state index in [1.807, 2.05) is 25.1 Å². The lowest BCUT2D eigenvalue weighted by Crippen LogP contribution is -2.30. The van der Waals surface area contributed by atoms with Gasteiger partial charge in [0, 0.05) is 17.5 Å². The van der Waals surface area contributed by atoms with Gasteiger partial charge in [-0.25, -0.2) is 0 Å². The molecule has 1 unspecified atom stereocenters. The predicted octanol–water partition coefficient (Wildman–Crippen LogP) is 3.27. The molecule has 0 aliphatic carbocycles. The third-order valence-corrected chi connectivity index (χ3v) is 2.62. The minimum atomic E-state index is 0.413. The standard InChI is InChI=1S/C14H18ClN/c1-3-5-9-14(16-4-2)11-12-7-6-8-13(15)10-12/h6-8,10,14,16H,4,9,11H2,1-2H3. The van der Waals surface area contributed by atoms with Crippen molar-refractivity contribution in [2.24, 2.45) is 0 Å². The summed E-state index contributed by atoms with van der Waals surface area (Å²) >= 11 is 5.96. The Hall–Kier alpha value is -0.970. The minimum Gasteiger partial charge on any atom is -0.313 e. The maximum absolute atomic E-state index is 5.96. The zero-order valence-corrected chi connectivity index (χ0v) is 10.6. The first-order valence-electron chi connectivity index (χ1n) is 5.63. The summed E-state index contributed by atoms with van der Waals surface area (Å²) in [6, 6.07) is 8.43. The summed E-state index contributed by atoms with van der Waals surface area (Å²) in [6.45, 7) is 4.96. The van der Waals surface area contributed by atoms with Crippen LogP contribution in [0.4, 0.5) is 0 Å². The summed E-state index contributed by atoms with van der Waals surface area (Å²) in [5.41, 5.74) is 1.26. The number of halogens is 1. The lowest BCUT2D eigenvalue weighted by atomic mass is 10.0. The first-order chi connectivity index (χ1) is 7.76. The third-order valence-electron chi connectivity index (χ3n) is 2.39. The van der Waals surface area contributed by atoms with Gasteiger partial charge < -0.3 is 5.32 Å². The number of nitrogens with one attached hydrogen (secondary N) is 1. The van der Waals surface area contributed by atoms with Crippen molar-refractivity contribution >= 4 is 11.6 Å². The molecule has 0 aliphatic rings. The fourth-order valence-corrected chi connectivity index (χ4v) is 1.89. The fourth-order valence-electron chi connectivity index (χ4n) is 1.68. The van der Waals surface area contributed by atoms with Crippen molar-refractivity contribution < 1.29 is 0 Å². The molecule has 1 aromatic rings. The molecule has 0 aromatic heterocycles. The Labute approximate surface area is 103 Å². The molecule has 0 spiro atoms. The Bertz CT molecular complexity index is 376. The van der Waals surface area contributed by atoms with Gasteiger partial charge in [0.2, 0.25) is 0 Å². The van der Waals surface area contributed by atoms with E-state index in [2.05, 4.69) is 30.1 Å². The molecule has 1 rings (SSSR count). The molecule has 0 radical (unpaired) electrons. The van der Waals surface area contributed by atoms with Crippen LogP contribution in [0.1, 0.15) is 25.8 Å². The van der Waals surface area contributed by atoms with E-state index in [0.29, 0.717) is 6.04 Å². The summed E-state index contributed by atoms with van der Waals surface area (Å²) in [5, 5.41) is 4.24. The summed E-state index contributed by atoms with van der Waals surface area (Å²) in [4.78, 5) is 0. The van der Waals surface area contributed by atoms with Gasteiger partial charge in [0.25, 0.3) is 0 Å². The van der Waals surface area contributed by atoms with E-state index in [4.69, 9.17) is 11.6 Å². The van der Waals surface area contributed by atoms with Crippen LogP contribution in [-0.4, -0.2) is 12.6 Å². The molecule has 0 amide bonds. The first kappa shape index (κ1) is 13.1. The molecular weight excluding hydrogens is 218 g/mol. The first-order valence-corrected chi connectivity index (χ1v) is 6.01. The smallest absolute Gasteiger partial charge is 0.0408 e. The van der Waals surface area contributed by atoms with Crippen LogP contribution in [0.3, 0.4) is 0 Å². The second-order valence-corrected chi connectivity index (χ2v) is 4.16. The number of hydrogen-bond donors (Lipinski definition) is 1. The van der Waals surface area contributed by atoms with E-state index in [0.717, 1.165) is 24.4 Å². The van der Waals surface area contributed by atoms with Crippen molar-refractivity contribution in [2.45, 2.75) is 32.7 Å². The predicted molar refractivity (Wildman–Crippen MR) is 70.7 cm³/mol. The maximum atomic E-state index is 5.96. The van der Waals surface area contributed by atoms with Gasteiger partial charge in [-0.15, -0.1) is 11.8 Å². The largest absolute Gasteiger partial charge is 0.313 e. The van der Waals surface area contributed by atoms with Gasteiger partial charge in [-0.3, -0.25) is 0 Å². The zero-order valence-electron chi connectivity index (χ0n) is 9.89. The normalized spacial score (nSPS) is 11.7. The maximum Gasteiger partial charge on any atom is 0.0408 e. The van der Waals surface area contributed by atoms with Crippen molar-refractivity contribution in [2.75, 3.05) is 6.54 Å². The van der Waals surface area contributed by atoms with Gasteiger partial charge in [-0.05, 0) is 37.6 Å². The molecule has 0 heterocycles. The van der Waals surface area contributed by atoms with Gasteiger partial charge in [0.15, 0.2) is 0 Å². The lowest BCUT2D eigenvalue weighted by Gasteiger charge is -2.15. The summed E-state index contributed by atoms with van der Waals surface area (Å²) < 4.78 is 0. The van der Waals surface area contributed by atoms with Gasteiger partial charge in [0.1, 0.15) is 0 Å². The number of benzene rings is 1. The van der Waals surface area contributed by atoms with Crippen LogP contribution < -0.4 is 5.32 Å². The molecule has 0 saturated carbocycles. The highest BCUT2D eigenvalue weighted by Crippen LogP contribution is 2.13. The van der Waals surface area contributed by atoms with E-state index < -0.39 is 0 Å². The number of hydrogen-bond acceptors (Lipinski definition) is 1. The summed E-state index contributed by atoms with van der Waals surface area (Å²) in [5.74, 6) is 6.06. The van der Waals surface area contributed by atoms with Crippen molar-refractivity contribution in [3.63, 3.8) is 0 Å². The average Bonchev–Trinajstić information content (AvgIpc) is 2.26. The van der Waals surface area contributed by atoms with Crippen molar-refractivity contribution in [1.82, 2.24) is 5.32 Å². The Balaban J connectivity index is 2.62. The highest BCUT2D eigenvalue weighted by Gasteiger charge is 2.06. The molecular formula is C14H18ClN. The van der Waals surface area contributed by atoms with Crippen molar-refractivity contribution in [1.29, 1.82) is 0 Å². The minimum absolute atomic E-state index is 0.413. The molecule has 16 heavy (non-hydrogen) atoms. The van der Waals surface area contributed by atoms with Crippen LogP contribution in [0, 0.1) is 11.8 Å². The van der Waals surface area contributed by atoms with E-state index in [1.165, 1.54) is 5.56 Å². The molecule has 2 heteroatoms. The molecule has 0 aliphatic heterocycles. The molecule has 0 bridgehead atoms. The monoisotopic (exact) mass is 235 g/mol. The van der Waals surface area contributed by atoms with Crippen LogP contribution >= 0.6 is 11.6 Å². The molecule has 1 aromatic carbocycles. The second-order valence-electron chi connectivity index (χ2n) is 3.72. The van der Waals surface area contributed by atoms with E-state index in [9.17, 15) is 0 Å². The molecule has 1 atom stereocenters. The molecule has 0 saturated heterocycles. The topological polar surface area (TPSA) is 12.0 Å². The molecule has 86 valence electrons. The van der Waals surface area contributed by atoms with Crippen LogP contribution in [-0.2, 0) is 6.42 Å². The van der Waals surface area contributed by atoms with Crippen LogP contribution in [0.2, 0.25) is 5.02 Å². The van der Waals surface area contributed by atoms with E-state index in [-0.39, 0.29) is 0 Å². The highest BCUT2D eigenvalue weighted by atomic mass is 35.5. The quantitative estimate of drug-likeness (QED) is 0.773. The Morgan fingerprint density at radius 2 is 2.25 bits per heavy atom. The number of likely N-dealkylation sites (N-methyl/N-ethyl adjacent to an activating group) is 1. The molecule has 1 nitrogen and oxygen atoms in total. The van der Waals surface area contributed by atoms with E-state index in [1.54, 1.807) is 0 Å². The van der Waals surface area contributed by atoms with Crippen LogP contribution in [0.5, 0.6) is 0 Å². The Morgan fingerprint density at radius 1 is 1.44 bits per heavy atom. The number of rotatable bonds is 5. The lowest BCUT2D eigenvalue weighted by molar-refractivity contribution is 0.535. The van der Waals surface area contributed by atoms with Gasteiger partial charge >= 0.3 is 0 Å². The second kappa shape index (κ2) is 7.33. The highest BCUT2D eigenvalue weighted by molar-refractivity contribution is 6.30. The van der Waals surface area contributed by atoms with Crippen LogP contribution in [0.15, 0.2) is 24.3 Å². The average molecular weight is 236 g/mol. The van der Waals surface area contributed by atoms with Gasteiger partial charge in [0.05, 0.1) is 0 Å². The Kier molecular flexibility index (Phi) is 6.00. The molecule has 0 fully saturated rings. The summed E-state index contributed by atoms with van der Waals surface area (Å²) in [7, 11) is 0. The Morgan fingerprint density at radius 3 is 2.88 bits per heavy atom. The SMILES string of the molecule is CC#CCC(Cc1cccc(Cl)c1)NCC. The van der Waals surface area contributed by atoms with Gasteiger partial charge in [-0.1, -0.05) is 30.7 Å². The van der Waals surface area contributed by atoms with Crippen LogP contribution in [0.25, 0.3) is 0 Å². The van der Waals surface area contributed by atoms with Gasteiger partial charge in [-0.2, -0.15) is 0 Å². The third kappa shape index (κ3) is 4.70. The molecule has 1 N–H and O–H groups in total. The fraction of sp³-hybridized carbons (Fsp3) is 0.429.